The molecule has 4 fully saturated rings. The van der Waals surface area contributed by atoms with E-state index in [1.807, 2.05) is 30.3 Å². The van der Waals surface area contributed by atoms with E-state index in [4.69, 9.17) is 4.74 Å². The third kappa shape index (κ3) is 3.28. The summed E-state index contributed by atoms with van der Waals surface area (Å²) < 4.78 is 5.93. The number of aliphatic hydroxyl groups is 1. The molecule has 4 saturated carbocycles. The van der Waals surface area contributed by atoms with Crippen molar-refractivity contribution in [1.29, 1.82) is 0 Å². The highest BCUT2D eigenvalue weighted by molar-refractivity contribution is 5.89. The second kappa shape index (κ2) is 7.97. The third-order valence-electron chi connectivity index (χ3n) is 10.5. The molecular weight excluding hydrogens is 400 g/mol. The van der Waals surface area contributed by atoms with Crippen molar-refractivity contribution in [3.05, 3.63) is 35.9 Å². The maximum Gasteiger partial charge on any atom is 0.338 e. The smallest absolute Gasteiger partial charge is 0.338 e. The predicted octanol–water partition coefficient (Wildman–Crippen LogP) is 5.43. The van der Waals surface area contributed by atoms with Crippen molar-refractivity contribution in [1.82, 2.24) is 0 Å². The first kappa shape index (κ1) is 22.1. The van der Waals surface area contributed by atoms with Crippen LogP contribution in [0.5, 0.6) is 0 Å². The summed E-state index contributed by atoms with van der Waals surface area (Å²) >= 11 is 0. The van der Waals surface area contributed by atoms with Crippen LogP contribution in [0.25, 0.3) is 0 Å². The van der Waals surface area contributed by atoms with Gasteiger partial charge in [0.05, 0.1) is 11.7 Å². The summed E-state index contributed by atoms with van der Waals surface area (Å²) in [6.07, 6.45) is 7.69. The topological polar surface area (TPSA) is 63.6 Å². The van der Waals surface area contributed by atoms with Crippen LogP contribution >= 0.6 is 0 Å². The van der Waals surface area contributed by atoms with Crippen LogP contribution in [0.1, 0.15) is 82.5 Å². The molecule has 4 aliphatic carbocycles. The van der Waals surface area contributed by atoms with Gasteiger partial charge in [0.1, 0.15) is 11.9 Å². The number of carbonyl (C=O) groups excluding carboxylic acids is 2. The van der Waals surface area contributed by atoms with Crippen molar-refractivity contribution in [3.63, 3.8) is 0 Å². The minimum Gasteiger partial charge on any atom is -0.459 e. The van der Waals surface area contributed by atoms with Crippen molar-refractivity contribution >= 4 is 11.8 Å². The lowest BCUT2D eigenvalue weighted by atomic mass is 9.44. The second-order valence-corrected chi connectivity index (χ2v) is 11.7. The molecule has 0 aromatic heterocycles. The summed E-state index contributed by atoms with van der Waals surface area (Å²) in [5, 5.41) is 11.4. The van der Waals surface area contributed by atoms with Gasteiger partial charge >= 0.3 is 5.97 Å². The van der Waals surface area contributed by atoms with Gasteiger partial charge in [-0.15, -0.1) is 0 Å². The first-order chi connectivity index (χ1) is 15.2. The van der Waals surface area contributed by atoms with Crippen molar-refractivity contribution in [2.75, 3.05) is 0 Å². The van der Waals surface area contributed by atoms with Crippen molar-refractivity contribution in [3.8, 4) is 0 Å². The molecule has 5 rings (SSSR count). The van der Waals surface area contributed by atoms with E-state index in [-0.39, 0.29) is 34.6 Å². The Morgan fingerprint density at radius 3 is 2.44 bits per heavy atom. The molecule has 1 aromatic rings. The number of ether oxygens (including phenoxy) is 1. The molecule has 174 valence electrons. The quantitative estimate of drug-likeness (QED) is 0.639. The van der Waals surface area contributed by atoms with E-state index in [1.165, 1.54) is 12.8 Å². The van der Waals surface area contributed by atoms with Crippen LogP contribution in [0.4, 0.5) is 0 Å². The number of fused-ring (bicyclic) bond motifs is 5. The number of Topliss-reactive ketones (excluding diaryl/α,β-unsaturated/α-hetero) is 1. The zero-order valence-corrected chi connectivity index (χ0v) is 19.8. The van der Waals surface area contributed by atoms with Crippen LogP contribution in [0, 0.1) is 40.4 Å². The number of rotatable bonds is 3. The molecule has 4 nitrogen and oxygen atoms in total. The molecule has 0 unspecified atom stereocenters. The van der Waals surface area contributed by atoms with Crippen LogP contribution in [-0.4, -0.2) is 29.1 Å². The second-order valence-electron chi connectivity index (χ2n) is 11.7. The first-order valence-electron chi connectivity index (χ1n) is 12.7. The average Bonchev–Trinajstić information content (AvgIpc) is 3.14. The number of benzene rings is 1. The number of aliphatic hydroxyl groups excluding tert-OH is 1. The van der Waals surface area contributed by atoms with E-state index in [0.29, 0.717) is 29.2 Å². The van der Waals surface area contributed by atoms with Crippen molar-refractivity contribution in [2.45, 2.75) is 84.3 Å². The molecule has 1 N–H and O–H groups in total. The summed E-state index contributed by atoms with van der Waals surface area (Å²) in [4.78, 5) is 25.0. The van der Waals surface area contributed by atoms with Crippen LogP contribution in [0.15, 0.2) is 30.3 Å². The molecule has 4 heteroatoms. The number of esters is 1. The highest BCUT2D eigenvalue weighted by Gasteiger charge is 2.64. The van der Waals surface area contributed by atoms with Gasteiger partial charge in [0.2, 0.25) is 0 Å². The normalized spacial score (nSPS) is 45.3. The van der Waals surface area contributed by atoms with Gasteiger partial charge in [-0.25, -0.2) is 4.79 Å². The summed E-state index contributed by atoms with van der Waals surface area (Å²) in [5.74, 6) is 2.17. The molecule has 0 heterocycles. The van der Waals surface area contributed by atoms with Crippen LogP contribution in [0.3, 0.4) is 0 Å². The predicted molar refractivity (Wildman–Crippen MR) is 123 cm³/mol. The molecule has 32 heavy (non-hydrogen) atoms. The lowest BCUT2D eigenvalue weighted by molar-refractivity contribution is -0.173. The first-order valence-corrected chi connectivity index (χ1v) is 12.7. The Balaban J connectivity index is 1.31. The Labute approximate surface area is 192 Å². The lowest BCUT2D eigenvalue weighted by Crippen LogP contribution is -2.59. The molecular formula is C28H38O4. The minimum absolute atomic E-state index is 0.00955. The van der Waals surface area contributed by atoms with Gasteiger partial charge in [0.25, 0.3) is 0 Å². The average molecular weight is 439 g/mol. The molecule has 0 amide bonds. The molecule has 0 spiro atoms. The molecule has 0 saturated heterocycles. The highest BCUT2D eigenvalue weighted by Crippen LogP contribution is 2.67. The van der Waals surface area contributed by atoms with Gasteiger partial charge < -0.3 is 9.84 Å². The third-order valence-corrected chi connectivity index (χ3v) is 10.5. The summed E-state index contributed by atoms with van der Waals surface area (Å²) in [5.41, 5.74) is 0.564. The van der Waals surface area contributed by atoms with Gasteiger partial charge in [-0.2, -0.15) is 0 Å². The number of ketones is 1. The standard InChI is InChI=1S/C28H38O4/c1-17(29)22-11-12-23-21-10-9-19-15-20(32-26(31)18-7-5-4-6-8-18)13-14-27(19,2)24(21)16-25(30)28(22,23)3/h4-8,19-25,30H,9-16H2,1-3H3/t19-,20+,21+,22-,23+,24+,25+,27+,28-/m1/s1. The van der Waals surface area contributed by atoms with E-state index in [1.54, 1.807) is 6.92 Å². The van der Waals surface area contributed by atoms with Gasteiger partial charge in [0, 0.05) is 11.3 Å². The Kier molecular flexibility index (Phi) is 5.51. The fraction of sp³-hybridized carbons (Fsp3) is 0.714. The Morgan fingerprint density at radius 2 is 1.72 bits per heavy atom. The Bertz CT molecular complexity index is 881. The molecule has 9 atom stereocenters. The summed E-state index contributed by atoms with van der Waals surface area (Å²) in [6.45, 7) is 6.36. The van der Waals surface area contributed by atoms with Crippen LogP contribution < -0.4 is 0 Å². The molecule has 4 aliphatic rings. The van der Waals surface area contributed by atoms with Gasteiger partial charge in [-0.3, -0.25) is 4.79 Å². The lowest BCUT2D eigenvalue weighted by Gasteiger charge is -2.62. The maximum atomic E-state index is 12.6. The monoisotopic (exact) mass is 438 g/mol. The molecule has 0 radical (unpaired) electrons. The maximum absolute atomic E-state index is 12.6. The van der Waals surface area contributed by atoms with E-state index in [0.717, 1.165) is 38.5 Å². The van der Waals surface area contributed by atoms with Gasteiger partial charge in [-0.05, 0) is 99.5 Å². The Hall–Kier alpha value is -1.68. The van der Waals surface area contributed by atoms with E-state index < -0.39 is 6.10 Å². The van der Waals surface area contributed by atoms with E-state index >= 15 is 0 Å². The van der Waals surface area contributed by atoms with Crippen molar-refractivity contribution < 1.29 is 19.4 Å². The van der Waals surface area contributed by atoms with Gasteiger partial charge in [-0.1, -0.05) is 32.0 Å². The Morgan fingerprint density at radius 1 is 0.969 bits per heavy atom. The zero-order chi connectivity index (χ0) is 22.7. The molecule has 1 aromatic carbocycles. The van der Waals surface area contributed by atoms with Gasteiger partial charge in [0.15, 0.2) is 0 Å². The number of hydrogen-bond donors (Lipinski definition) is 1. The van der Waals surface area contributed by atoms with E-state index in [2.05, 4.69) is 13.8 Å². The fourth-order valence-corrected chi connectivity index (χ4v) is 8.74. The number of carbonyl (C=O) groups is 2. The van der Waals surface area contributed by atoms with Crippen molar-refractivity contribution in [2.24, 2.45) is 40.4 Å². The summed E-state index contributed by atoms with van der Waals surface area (Å²) in [7, 11) is 0. The largest absolute Gasteiger partial charge is 0.459 e. The number of hydrogen-bond acceptors (Lipinski definition) is 4. The SMILES string of the molecule is CC(=O)[C@H]1CC[C@H]2[C@@H]3CC[C@@H]4C[C@@H](OC(=O)c5ccccc5)CC[C@]4(C)[C@H]3C[C@H](O)[C@]12C. The summed E-state index contributed by atoms with van der Waals surface area (Å²) in [6, 6.07) is 9.29. The molecule has 0 bridgehead atoms. The zero-order valence-electron chi connectivity index (χ0n) is 19.8. The molecule has 0 aliphatic heterocycles. The minimum atomic E-state index is -0.394. The highest BCUT2D eigenvalue weighted by atomic mass is 16.5. The van der Waals surface area contributed by atoms with E-state index in [9.17, 15) is 14.7 Å². The van der Waals surface area contributed by atoms with Crippen LogP contribution in [-0.2, 0) is 9.53 Å². The fourth-order valence-electron chi connectivity index (χ4n) is 8.74. The van der Waals surface area contributed by atoms with Crippen LogP contribution in [0.2, 0.25) is 0 Å².